The summed E-state index contributed by atoms with van der Waals surface area (Å²) >= 11 is -1.07. The first-order valence-electron chi connectivity index (χ1n) is 10.8. The predicted molar refractivity (Wildman–Crippen MR) is 142 cm³/mol. The number of anilines is 2. The molecule has 4 rings (SSSR count). The molecule has 0 radical (unpaired) electrons. The molecule has 4 nitrogen and oxygen atoms in total. The molecule has 0 unspecified atom stereocenters. The van der Waals surface area contributed by atoms with Gasteiger partial charge in [-0.05, 0) is 0 Å². The molecule has 0 aliphatic carbocycles. The first-order valence-corrected chi connectivity index (χ1v) is 20.4. The molecule has 170 valence electrons. The van der Waals surface area contributed by atoms with Crippen LogP contribution in [0.15, 0.2) is 97.1 Å². The number of para-hydroxylation sites is 2. The topological polar surface area (TPSA) is 58.2 Å². The number of nitrogens with one attached hydrogen (secondary N) is 2. The molecule has 0 aliphatic rings. The van der Waals surface area contributed by atoms with Crippen molar-refractivity contribution >= 4 is 64.5 Å². The number of hydrogen-bond donors (Lipinski definition) is 2. The van der Waals surface area contributed by atoms with Crippen molar-refractivity contribution in [2.45, 2.75) is 13.8 Å². The molecule has 0 aromatic heterocycles. The number of benzene rings is 4. The molecule has 0 heterocycles. The number of carbonyl (C=O) groups excluding carboxylic acids is 2. The van der Waals surface area contributed by atoms with Gasteiger partial charge in [-0.3, -0.25) is 0 Å². The van der Waals surface area contributed by atoms with Gasteiger partial charge in [0.25, 0.3) is 0 Å². The van der Waals surface area contributed by atoms with E-state index in [1.54, 1.807) is 0 Å². The minimum absolute atomic E-state index is 0.0914. The van der Waals surface area contributed by atoms with Gasteiger partial charge in [0.2, 0.25) is 0 Å². The van der Waals surface area contributed by atoms with E-state index in [4.69, 9.17) is 0 Å². The fourth-order valence-electron chi connectivity index (χ4n) is 3.17. The van der Waals surface area contributed by atoms with E-state index in [0.717, 1.165) is 22.5 Å². The molecule has 0 saturated heterocycles. The molecule has 0 bridgehead atoms. The second-order valence-electron chi connectivity index (χ2n) is 7.80. The molecule has 0 spiro atoms. The first kappa shape index (κ1) is 24.5. The van der Waals surface area contributed by atoms with E-state index in [1.807, 2.05) is 98.8 Å². The zero-order valence-corrected chi connectivity index (χ0v) is 23.5. The molecule has 6 heteroatoms. The van der Waals surface area contributed by atoms with E-state index >= 15 is 0 Å². The van der Waals surface area contributed by atoms with Crippen molar-refractivity contribution in [1.82, 2.24) is 0 Å². The van der Waals surface area contributed by atoms with E-state index in [1.165, 1.54) is 7.22 Å². The zero-order valence-electron chi connectivity index (χ0n) is 18.9. The van der Waals surface area contributed by atoms with Gasteiger partial charge >= 0.3 is 218 Å². The van der Waals surface area contributed by atoms with Gasteiger partial charge in [-0.1, -0.05) is 0 Å². The summed E-state index contributed by atoms with van der Waals surface area (Å²) in [5.74, 6) is -0.183. The average molecular weight is 676 g/mol. The van der Waals surface area contributed by atoms with E-state index in [2.05, 4.69) is 22.8 Å². The molecular weight excluding hydrogens is 652 g/mol. The van der Waals surface area contributed by atoms with Crippen molar-refractivity contribution in [3.05, 3.63) is 119 Å². The number of amides is 2. The van der Waals surface area contributed by atoms with Gasteiger partial charge < -0.3 is 0 Å². The fraction of sp³-hybridized carbons (Fsp3) is 0.0714. The van der Waals surface area contributed by atoms with E-state index in [0.29, 0.717) is 11.1 Å². The SMILES string of the molecule is Cc1ccc(C(=O)Nc2ccccc2[Te][Te]c2ccccc2NC(=O)c2ccc(C)cc2)cc1. The van der Waals surface area contributed by atoms with Gasteiger partial charge in [-0.15, -0.1) is 0 Å². The third-order valence-electron chi connectivity index (χ3n) is 5.12. The molecule has 2 N–H and O–H groups in total. The summed E-state index contributed by atoms with van der Waals surface area (Å²) in [6.07, 6.45) is 0. The summed E-state index contributed by atoms with van der Waals surface area (Å²) < 4.78 is 2.46. The molecular formula is C28H24N2O2Te2. The van der Waals surface area contributed by atoms with Crippen LogP contribution < -0.4 is 17.9 Å². The zero-order chi connectivity index (χ0) is 23.9. The Morgan fingerprint density at radius 2 is 0.882 bits per heavy atom. The Balaban J connectivity index is 1.46. The minimum atomic E-state index is -0.533. The monoisotopic (exact) mass is 680 g/mol. The second-order valence-corrected chi connectivity index (χ2v) is 17.6. The summed E-state index contributed by atoms with van der Waals surface area (Å²) in [5.41, 5.74) is 5.34. The van der Waals surface area contributed by atoms with Gasteiger partial charge in [0.15, 0.2) is 0 Å². The summed E-state index contributed by atoms with van der Waals surface area (Å²) in [7, 11) is 0. The maximum absolute atomic E-state index is 12.7. The van der Waals surface area contributed by atoms with Crippen molar-refractivity contribution in [2.24, 2.45) is 0 Å². The van der Waals surface area contributed by atoms with Crippen LogP contribution in [0.25, 0.3) is 0 Å². The number of aryl methyl sites for hydroxylation is 2. The van der Waals surface area contributed by atoms with Gasteiger partial charge in [0, 0.05) is 0 Å². The standard InChI is InChI=1S/C28H24N2O2Te2/c1-19-11-15-21(16-12-19)27(31)29-23-7-3-5-9-25(23)33-34-26-10-6-4-8-24(26)30-28(32)22-17-13-20(2)14-18-22/h3-18H,1-2H3,(H,29,31)(H,30,32). The molecule has 0 atom stereocenters. The van der Waals surface area contributed by atoms with Gasteiger partial charge in [0.05, 0.1) is 0 Å². The van der Waals surface area contributed by atoms with Gasteiger partial charge in [-0.25, -0.2) is 0 Å². The van der Waals surface area contributed by atoms with Crippen LogP contribution in [-0.4, -0.2) is 45.9 Å². The van der Waals surface area contributed by atoms with Crippen LogP contribution in [-0.2, 0) is 0 Å². The molecule has 34 heavy (non-hydrogen) atoms. The van der Waals surface area contributed by atoms with Crippen LogP contribution in [0.5, 0.6) is 0 Å². The Morgan fingerprint density at radius 1 is 0.529 bits per heavy atom. The Bertz CT molecular complexity index is 1200. The summed E-state index contributed by atoms with van der Waals surface area (Å²) in [4.78, 5) is 25.5. The van der Waals surface area contributed by atoms with Crippen LogP contribution in [0.1, 0.15) is 31.8 Å². The van der Waals surface area contributed by atoms with Crippen molar-refractivity contribution in [3.63, 3.8) is 0 Å². The van der Waals surface area contributed by atoms with E-state index in [9.17, 15) is 9.59 Å². The Morgan fingerprint density at radius 3 is 1.26 bits per heavy atom. The molecule has 0 fully saturated rings. The van der Waals surface area contributed by atoms with Crippen molar-refractivity contribution in [3.8, 4) is 0 Å². The summed E-state index contributed by atoms with van der Waals surface area (Å²) in [6, 6.07) is 31.4. The second kappa shape index (κ2) is 11.7. The Kier molecular flexibility index (Phi) is 8.43. The average Bonchev–Trinajstić information content (AvgIpc) is 2.85. The third kappa shape index (κ3) is 6.50. The number of hydrogen-bond acceptors (Lipinski definition) is 2. The number of carbonyl (C=O) groups is 2. The number of rotatable bonds is 7. The van der Waals surface area contributed by atoms with Crippen LogP contribution in [0.3, 0.4) is 0 Å². The maximum atomic E-state index is 12.7. The molecule has 4 aromatic carbocycles. The molecule has 0 aliphatic heterocycles. The van der Waals surface area contributed by atoms with Crippen molar-refractivity contribution in [2.75, 3.05) is 10.6 Å². The first-order chi connectivity index (χ1) is 16.5. The summed E-state index contributed by atoms with van der Waals surface area (Å²) in [5, 5.41) is 6.20. The van der Waals surface area contributed by atoms with Crippen LogP contribution in [0, 0.1) is 13.8 Å². The van der Waals surface area contributed by atoms with Gasteiger partial charge in [-0.2, -0.15) is 0 Å². The molecule has 0 saturated carbocycles. The quantitative estimate of drug-likeness (QED) is 0.291. The van der Waals surface area contributed by atoms with Crippen LogP contribution in [0.4, 0.5) is 11.4 Å². The summed E-state index contributed by atoms with van der Waals surface area (Å²) in [6.45, 7) is 4.02. The van der Waals surface area contributed by atoms with Crippen LogP contribution in [0.2, 0.25) is 0 Å². The van der Waals surface area contributed by atoms with Crippen molar-refractivity contribution < 1.29 is 9.59 Å². The third-order valence-corrected chi connectivity index (χ3v) is 16.9. The Hall–Kier alpha value is -2.60. The van der Waals surface area contributed by atoms with E-state index in [-0.39, 0.29) is 11.8 Å². The molecule has 4 aromatic rings. The predicted octanol–water partition coefficient (Wildman–Crippen LogP) is 4.08. The van der Waals surface area contributed by atoms with E-state index < -0.39 is 34.1 Å². The fourth-order valence-corrected chi connectivity index (χ4v) is 14.6. The van der Waals surface area contributed by atoms with Gasteiger partial charge in [0.1, 0.15) is 0 Å². The van der Waals surface area contributed by atoms with Crippen LogP contribution >= 0.6 is 0 Å². The Labute approximate surface area is 216 Å². The van der Waals surface area contributed by atoms with Crippen molar-refractivity contribution in [1.29, 1.82) is 0 Å². The normalized spacial score (nSPS) is 10.5. The molecule has 2 amide bonds.